The lowest BCUT2D eigenvalue weighted by Crippen LogP contribution is -1.94. The van der Waals surface area contributed by atoms with Gasteiger partial charge in [0.1, 0.15) is 0 Å². The molecule has 3 heteroatoms. The summed E-state index contributed by atoms with van der Waals surface area (Å²) in [6, 6.07) is 0.491. The van der Waals surface area contributed by atoms with Gasteiger partial charge in [0, 0.05) is 0 Å². The molecule has 13 heavy (non-hydrogen) atoms. The van der Waals surface area contributed by atoms with Crippen LogP contribution in [0, 0.1) is 5.82 Å². The monoisotopic (exact) mass is 184 g/mol. The van der Waals surface area contributed by atoms with Gasteiger partial charge in [0.2, 0.25) is 0 Å². The van der Waals surface area contributed by atoms with Gasteiger partial charge >= 0.3 is 0 Å². The molecular weight excluding hydrogens is 167 g/mol. The fourth-order valence-corrected chi connectivity index (χ4v) is 1.17. The van der Waals surface area contributed by atoms with Crippen molar-refractivity contribution in [2.24, 2.45) is 0 Å². The minimum absolute atomic E-state index is 0.153. The van der Waals surface area contributed by atoms with Gasteiger partial charge < -0.3 is 0 Å². The second kappa shape index (κ2) is 4.40. The van der Waals surface area contributed by atoms with Gasteiger partial charge in [-0.2, -0.15) is 5.10 Å². The minimum Gasteiger partial charge on any atom is -0.266 e. The largest absolute Gasteiger partial charge is 0.266 e. The van der Waals surface area contributed by atoms with Crippen molar-refractivity contribution >= 4 is 0 Å². The van der Waals surface area contributed by atoms with Crippen LogP contribution in [-0.4, -0.2) is 9.78 Å². The van der Waals surface area contributed by atoms with Gasteiger partial charge in [-0.05, 0) is 19.3 Å². The molecule has 0 bridgehead atoms. The van der Waals surface area contributed by atoms with Crippen LogP contribution in [0.15, 0.2) is 6.20 Å². The van der Waals surface area contributed by atoms with Crippen LogP contribution in [-0.2, 0) is 6.42 Å². The summed E-state index contributed by atoms with van der Waals surface area (Å²) >= 11 is 0. The van der Waals surface area contributed by atoms with E-state index in [9.17, 15) is 4.39 Å². The quantitative estimate of drug-likeness (QED) is 0.691. The van der Waals surface area contributed by atoms with E-state index in [0.29, 0.717) is 18.2 Å². The normalized spacial score (nSPS) is 15.1. The van der Waals surface area contributed by atoms with Crippen LogP contribution in [0.3, 0.4) is 0 Å². The predicted molar refractivity (Wildman–Crippen MR) is 51.2 cm³/mol. The first-order valence-electron chi connectivity index (χ1n) is 5.04. The Morgan fingerprint density at radius 3 is 2.54 bits per heavy atom. The second-order valence-electron chi connectivity index (χ2n) is 2.99. The molecule has 1 saturated carbocycles. The maximum atomic E-state index is 12.9. The number of halogens is 1. The Hall–Kier alpha value is -0.860. The SMILES string of the molecule is CC.CCc1nn(C2CC2)cc1F. The van der Waals surface area contributed by atoms with E-state index in [-0.39, 0.29) is 5.82 Å². The zero-order valence-corrected chi connectivity index (χ0v) is 8.55. The molecule has 0 spiro atoms. The third-order valence-corrected chi connectivity index (χ3v) is 2.01. The van der Waals surface area contributed by atoms with Crippen molar-refractivity contribution in [1.29, 1.82) is 0 Å². The van der Waals surface area contributed by atoms with Gasteiger partial charge in [-0.25, -0.2) is 4.39 Å². The van der Waals surface area contributed by atoms with Crippen LogP contribution in [0.5, 0.6) is 0 Å². The van der Waals surface area contributed by atoms with Crippen molar-refractivity contribution in [2.75, 3.05) is 0 Å². The number of aromatic nitrogens is 2. The zero-order chi connectivity index (χ0) is 9.84. The van der Waals surface area contributed by atoms with Gasteiger partial charge in [0.25, 0.3) is 0 Å². The molecule has 1 heterocycles. The first-order chi connectivity index (χ1) is 6.31. The number of nitrogens with zero attached hydrogens (tertiary/aromatic N) is 2. The van der Waals surface area contributed by atoms with Crippen LogP contribution >= 0.6 is 0 Å². The van der Waals surface area contributed by atoms with E-state index >= 15 is 0 Å². The average Bonchev–Trinajstić information content (AvgIpc) is 2.94. The highest BCUT2D eigenvalue weighted by Gasteiger charge is 2.25. The first kappa shape index (κ1) is 10.2. The van der Waals surface area contributed by atoms with E-state index in [1.165, 1.54) is 6.20 Å². The molecule has 2 nitrogen and oxygen atoms in total. The van der Waals surface area contributed by atoms with Crippen LogP contribution in [0.25, 0.3) is 0 Å². The molecule has 1 aliphatic carbocycles. The maximum absolute atomic E-state index is 12.9. The topological polar surface area (TPSA) is 17.8 Å². The van der Waals surface area contributed by atoms with E-state index in [2.05, 4.69) is 5.10 Å². The Bertz CT molecular complexity index is 264. The summed E-state index contributed by atoms with van der Waals surface area (Å²) in [6.45, 7) is 5.92. The molecule has 0 atom stereocenters. The highest BCUT2D eigenvalue weighted by molar-refractivity contribution is 5.04. The van der Waals surface area contributed by atoms with Gasteiger partial charge in [-0.15, -0.1) is 0 Å². The predicted octanol–water partition coefficient (Wildman–Crippen LogP) is 2.95. The third kappa shape index (κ3) is 2.29. The lowest BCUT2D eigenvalue weighted by atomic mass is 10.3. The fraction of sp³-hybridized carbons (Fsp3) is 0.700. The highest BCUT2D eigenvalue weighted by atomic mass is 19.1. The molecule has 0 amide bonds. The Kier molecular flexibility index (Phi) is 3.46. The number of aryl methyl sites for hydroxylation is 1. The lowest BCUT2D eigenvalue weighted by Gasteiger charge is -1.92. The van der Waals surface area contributed by atoms with E-state index in [0.717, 1.165) is 12.8 Å². The smallest absolute Gasteiger partial charge is 0.164 e. The Balaban J connectivity index is 0.000000396. The Morgan fingerprint density at radius 1 is 1.54 bits per heavy atom. The number of hydrogen-bond acceptors (Lipinski definition) is 1. The standard InChI is InChI=1S/C8H11FN2.C2H6/c1-2-8-7(9)5-11(10-8)6-3-4-6;1-2/h5-6H,2-4H2,1H3;1-2H3. The molecule has 0 radical (unpaired) electrons. The fourth-order valence-electron chi connectivity index (χ4n) is 1.17. The molecule has 0 aliphatic heterocycles. The second-order valence-corrected chi connectivity index (χ2v) is 2.99. The molecule has 0 aromatic carbocycles. The van der Waals surface area contributed by atoms with Gasteiger partial charge in [-0.3, -0.25) is 4.68 Å². The van der Waals surface area contributed by atoms with Gasteiger partial charge in [0.05, 0.1) is 17.9 Å². The van der Waals surface area contributed by atoms with Crippen LogP contribution in [0.4, 0.5) is 4.39 Å². The van der Waals surface area contributed by atoms with Crippen molar-refractivity contribution in [3.63, 3.8) is 0 Å². The van der Waals surface area contributed by atoms with Crippen LogP contribution < -0.4 is 0 Å². The van der Waals surface area contributed by atoms with Crippen molar-refractivity contribution in [2.45, 2.75) is 46.1 Å². The molecule has 2 rings (SSSR count). The molecule has 1 aliphatic rings. The maximum Gasteiger partial charge on any atom is 0.164 e. The molecule has 0 saturated heterocycles. The molecule has 1 aromatic rings. The van der Waals surface area contributed by atoms with Crippen molar-refractivity contribution in [3.8, 4) is 0 Å². The van der Waals surface area contributed by atoms with E-state index < -0.39 is 0 Å². The summed E-state index contributed by atoms with van der Waals surface area (Å²) in [4.78, 5) is 0. The molecule has 1 aromatic heterocycles. The van der Waals surface area contributed by atoms with Crippen molar-refractivity contribution in [3.05, 3.63) is 17.7 Å². The van der Waals surface area contributed by atoms with E-state index in [1.807, 2.05) is 20.8 Å². The molecular formula is C10H17FN2. The van der Waals surface area contributed by atoms with E-state index in [4.69, 9.17) is 0 Å². The minimum atomic E-state index is -0.153. The van der Waals surface area contributed by atoms with Crippen LogP contribution in [0.1, 0.15) is 45.3 Å². The molecule has 0 N–H and O–H groups in total. The molecule has 1 fully saturated rings. The summed E-state index contributed by atoms with van der Waals surface area (Å²) in [5, 5.41) is 4.13. The van der Waals surface area contributed by atoms with E-state index in [1.54, 1.807) is 4.68 Å². The molecule has 0 unspecified atom stereocenters. The lowest BCUT2D eigenvalue weighted by molar-refractivity contribution is 0.606. The van der Waals surface area contributed by atoms with Crippen LogP contribution in [0.2, 0.25) is 0 Å². The third-order valence-electron chi connectivity index (χ3n) is 2.01. The zero-order valence-electron chi connectivity index (χ0n) is 8.55. The first-order valence-corrected chi connectivity index (χ1v) is 5.04. The van der Waals surface area contributed by atoms with Gasteiger partial charge in [-0.1, -0.05) is 20.8 Å². The Labute approximate surface area is 78.8 Å². The number of rotatable bonds is 2. The average molecular weight is 184 g/mol. The van der Waals surface area contributed by atoms with Gasteiger partial charge in [0.15, 0.2) is 5.82 Å². The van der Waals surface area contributed by atoms with Crippen molar-refractivity contribution in [1.82, 2.24) is 9.78 Å². The van der Waals surface area contributed by atoms with Crippen molar-refractivity contribution < 1.29 is 4.39 Å². The summed E-state index contributed by atoms with van der Waals surface area (Å²) in [7, 11) is 0. The summed E-state index contributed by atoms with van der Waals surface area (Å²) < 4.78 is 14.7. The Morgan fingerprint density at radius 2 is 2.15 bits per heavy atom. The number of hydrogen-bond donors (Lipinski definition) is 0. The summed E-state index contributed by atoms with van der Waals surface area (Å²) in [5.41, 5.74) is 0.594. The summed E-state index contributed by atoms with van der Waals surface area (Å²) in [5.74, 6) is -0.153. The highest BCUT2D eigenvalue weighted by Crippen LogP contribution is 2.34. The summed E-state index contributed by atoms with van der Waals surface area (Å²) in [6.07, 6.45) is 4.51. The molecule has 74 valence electrons.